The second kappa shape index (κ2) is 9.93. The molecule has 0 aromatic heterocycles. The Morgan fingerprint density at radius 1 is 0.964 bits per heavy atom. The van der Waals surface area contributed by atoms with E-state index >= 15 is 0 Å². The zero-order valence-electron chi connectivity index (χ0n) is 17.2. The molecule has 5 heteroatoms. The smallest absolute Gasteiger partial charge is 0.251 e. The molecule has 2 aromatic carbocycles. The highest BCUT2D eigenvalue weighted by Gasteiger charge is 2.13. The Bertz CT molecular complexity index is 775. The molecule has 5 nitrogen and oxygen atoms in total. The largest absolute Gasteiger partial charge is 0.494 e. The lowest BCUT2D eigenvalue weighted by Crippen LogP contribution is -2.22. The van der Waals surface area contributed by atoms with Crippen LogP contribution in [0.15, 0.2) is 48.5 Å². The van der Waals surface area contributed by atoms with Gasteiger partial charge in [0.05, 0.1) is 6.61 Å². The monoisotopic (exact) mass is 382 g/mol. The van der Waals surface area contributed by atoms with Crippen molar-refractivity contribution in [1.82, 2.24) is 5.32 Å². The van der Waals surface area contributed by atoms with E-state index in [1.54, 1.807) is 24.3 Å². The third kappa shape index (κ3) is 6.72. The van der Waals surface area contributed by atoms with Gasteiger partial charge in [0.25, 0.3) is 5.91 Å². The number of amides is 2. The van der Waals surface area contributed by atoms with Crippen LogP contribution in [0.3, 0.4) is 0 Å². The second-order valence-electron chi connectivity index (χ2n) is 7.71. The van der Waals surface area contributed by atoms with Crippen LogP contribution in [0.25, 0.3) is 0 Å². The van der Waals surface area contributed by atoms with Crippen molar-refractivity contribution in [1.29, 1.82) is 0 Å². The molecule has 2 amide bonds. The molecular weight excluding hydrogens is 352 g/mol. The van der Waals surface area contributed by atoms with Gasteiger partial charge in [-0.05, 0) is 60.7 Å². The number of anilines is 1. The summed E-state index contributed by atoms with van der Waals surface area (Å²) in [7, 11) is 0. The molecule has 0 radical (unpaired) electrons. The molecule has 0 atom stereocenters. The van der Waals surface area contributed by atoms with Crippen molar-refractivity contribution in [2.75, 3.05) is 18.5 Å². The Kier molecular flexibility index (Phi) is 7.61. The molecule has 0 aliphatic carbocycles. The van der Waals surface area contributed by atoms with Crippen LogP contribution in [0.4, 0.5) is 5.69 Å². The Morgan fingerprint density at radius 3 is 2.18 bits per heavy atom. The van der Waals surface area contributed by atoms with Crippen LogP contribution in [0.1, 0.15) is 56.5 Å². The fourth-order valence-corrected chi connectivity index (χ4v) is 2.66. The maximum Gasteiger partial charge on any atom is 0.251 e. The van der Waals surface area contributed by atoms with Crippen molar-refractivity contribution in [3.05, 3.63) is 59.7 Å². The fraction of sp³-hybridized carbons (Fsp3) is 0.391. The van der Waals surface area contributed by atoms with Crippen molar-refractivity contribution in [2.45, 2.75) is 46.0 Å². The highest BCUT2D eigenvalue weighted by atomic mass is 16.5. The summed E-state index contributed by atoms with van der Waals surface area (Å²) in [6, 6.07) is 15.0. The van der Waals surface area contributed by atoms with Crippen LogP contribution >= 0.6 is 0 Å². The maximum absolute atomic E-state index is 12.1. The molecule has 0 spiro atoms. The van der Waals surface area contributed by atoms with Crippen LogP contribution in [0, 0.1) is 0 Å². The summed E-state index contributed by atoms with van der Waals surface area (Å²) in [6.45, 7) is 9.47. The number of ether oxygens (including phenoxy) is 1. The van der Waals surface area contributed by atoms with E-state index in [9.17, 15) is 9.59 Å². The van der Waals surface area contributed by atoms with E-state index in [1.807, 2.05) is 19.1 Å². The molecule has 0 saturated heterocycles. The molecule has 0 aliphatic heterocycles. The van der Waals surface area contributed by atoms with Gasteiger partial charge >= 0.3 is 0 Å². The molecule has 0 fully saturated rings. The van der Waals surface area contributed by atoms with Gasteiger partial charge in [0.2, 0.25) is 5.91 Å². The Balaban J connectivity index is 1.72. The summed E-state index contributed by atoms with van der Waals surface area (Å²) in [5.41, 5.74) is 2.63. The molecule has 0 saturated carbocycles. The Hall–Kier alpha value is -2.82. The van der Waals surface area contributed by atoms with Crippen molar-refractivity contribution in [3.63, 3.8) is 0 Å². The van der Waals surface area contributed by atoms with Gasteiger partial charge in [0.15, 0.2) is 0 Å². The quantitative estimate of drug-likeness (QED) is 0.659. The first-order chi connectivity index (χ1) is 13.3. The number of carbonyl (C=O) groups is 2. The first kappa shape index (κ1) is 21.5. The number of hydrogen-bond donors (Lipinski definition) is 2. The predicted molar refractivity (Wildman–Crippen MR) is 113 cm³/mol. The molecule has 0 unspecified atom stereocenters. The van der Waals surface area contributed by atoms with Crippen LogP contribution in [-0.4, -0.2) is 25.0 Å². The van der Waals surface area contributed by atoms with Gasteiger partial charge in [0.1, 0.15) is 5.75 Å². The highest BCUT2D eigenvalue weighted by molar-refractivity contribution is 5.95. The summed E-state index contributed by atoms with van der Waals surface area (Å²) in [6.07, 6.45) is 1.00. The Labute approximate surface area is 167 Å². The van der Waals surface area contributed by atoms with Crippen LogP contribution < -0.4 is 15.4 Å². The van der Waals surface area contributed by atoms with Gasteiger partial charge in [-0.15, -0.1) is 0 Å². The summed E-state index contributed by atoms with van der Waals surface area (Å²) in [5, 5.41) is 5.58. The molecule has 28 heavy (non-hydrogen) atoms. The van der Waals surface area contributed by atoms with Gasteiger partial charge in [-0.25, -0.2) is 0 Å². The number of rotatable bonds is 8. The van der Waals surface area contributed by atoms with Crippen LogP contribution in [0.2, 0.25) is 0 Å². The summed E-state index contributed by atoms with van der Waals surface area (Å²) in [4.78, 5) is 23.8. The van der Waals surface area contributed by atoms with E-state index in [2.05, 4.69) is 43.5 Å². The van der Waals surface area contributed by atoms with Gasteiger partial charge in [-0.3, -0.25) is 9.59 Å². The lowest BCUT2D eigenvalue weighted by Gasteiger charge is -2.19. The van der Waals surface area contributed by atoms with Gasteiger partial charge in [0, 0.05) is 24.2 Å². The van der Waals surface area contributed by atoms with Gasteiger partial charge < -0.3 is 15.4 Å². The fourth-order valence-electron chi connectivity index (χ4n) is 2.66. The lowest BCUT2D eigenvalue weighted by atomic mass is 9.87. The minimum Gasteiger partial charge on any atom is -0.494 e. The third-order valence-corrected chi connectivity index (χ3v) is 4.31. The van der Waals surface area contributed by atoms with Crippen molar-refractivity contribution >= 4 is 17.5 Å². The van der Waals surface area contributed by atoms with E-state index in [0.29, 0.717) is 37.2 Å². The molecular formula is C23H30N2O3. The minimum atomic E-state index is -0.118. The molecule has 0 bridgehead atoms. The van der Waals surface area contributed by atoms with E-state index in [1.165, 1.54) is 5.56 Å². The summed E-state index contributed by atoms with van der Waals surface area (Å²) >= 11 is 0. The molecule has 150 valence electrons. The average Bonchev–Trinajstić information content (AvgIpc) is 2.66. The van der Waals surface area contributed by atoms with Gasteiger partial charge in [-0.2, -0.15) is 0 Å². The number of hydrogen-bond acceptors (Lipinski definition) is 3. The number of carbonyl (C=O) groups excluding carboxylic acids is 2. The summed E-state index contributed by atoms with van der Waals surface area (Å²) < 4.78 is 5.71. The SMILES string of the molecule is CCNC(=O)c1ccc(NC(=O)CCCOc2ccc(C(C)(C)C)cc2)cc1. The normalized spacial score (nSPS) is 11.0. The standard InChI is InChI=1S/C23H30N2O3/c1-5-24-22(27)17-8-12-19(13-9-17)25-21(26)7-6-16-28-20-14-10-18(11-15-20)23(2,3)4/h8-15H,5-7,16H2,1-4H3,(H,24,27)(H,25,26). The molecule has 0 heterocycles. The molecule has 2 aromatic rings. The second-order valence-corrected chi connectivity index (χ2v) is 7.71. The lowest BCUT2D eigenvalue weighted by molar-refractivity contribution is -0.116. The Morgan fingerprint density at radius 2 is 1.61 bits per heavy atom. The van der Waals surface area contributed by atoms with Gasteiger partial charge in [-0.1, -0.05) is 32.9 Å². The first-order valence-corrected chi connectivity index (χ1v) is 9.71. The maximum atomic E-state index is 12.1. The first-order valence-electron chi connectivity index (χ1n) is 9.71. The molecule has 0 aliphatic rings. The van der Waals surface area contributed by atoms with Crippen molar-refractivity contribution in [2.24, 2.45) is 0 Å². The van der Waals surface area contributed by atoms with E-state index < -0.39 is 0 Å². The minimum absolute atomic E-state index is 0.0718. The topological polar surface area (TPSA) is 67.4 Å². The predicted octanol–water partition coefficient (Wildman–Crippen LogP) is 4.53. The van der Waals surface area contributed by atoms with E-state index in [-0.39, 0.29) is 17.2 Å². The van der Waals surface area contributed by atoms with Crippen LogP contribution in [-0.2, 0) is 10.2 Å². The zero-order chi connectivity index (χ0) is 20.6. The third-order valence-electron chi connectivity index (χ3n) is 4.31. The van der Waals surface area contributed by atoms with Crippen LogP contribution in [0.5, 0.6) is 5.75 Å². The average molecular weight is 383 g/mol. The van der Waals surface area contributed by atoms with Crippen molar-refractivity contribution in [3.8, 4) is 5.75 Å². The highest BCUT2D eigenvalue weighted by Crippen LogP contribution is 2.24. The van der Waals surface area contributed by atoms with Crippen molar-refractivity contribution < 1.29 is 14.3 Å². The molecule has 2 N–H and O–H groups in total. The molecule has 2 rings (SSSR count). The van der Waals surface area contributed by atoms with E-state index in [0.717, 1.165) is 5.75 Å². The number of benzene rings is 2. The zero-order valence-corrected chi connectivity index (χ0v) is 17.2. The summed E-state index contributed by atoms with van der Waals surface area (Å²) in [5.74, 6) is 0.625. The number of nitrogens with one attached hydrogen (secondary N) is 2. The van der Waals surface area contributed by atoms with E-state index in [4.69, 9.17) is 4.74 Å².